The molecule has 1 fully saturated rings. The lowest BCUT2D eigenvalue weighted by molar-refractivity contribution is -0.385. The normalized spacial score (nSPS) is 13.8. The van der Waals surface area contributed by atoms with Gasteiger partial charge in [0.25, 0.3) is 11.6 Å². The van der Waals surface area contributed by atoms with Crippen LogP contribution >= 0.6 is 23.1 Å². The second-order valence-corrected chi connectivity index (χ2v) is 8.52. The summed E-state index contributed by atoms with van der Waals surface area (Å²) in [6, 6.07) is 6.47. The minimum Gasteiger partial charge on any atom is -0.356 e. The summed E-state index contributed by atoms with van der Waals surface area (Å²) >= 11 is 2.78. The van der Waals surface area contributed by atoms with Crippen molar-refractivity contribution >= 4 is 56.4 Å². The first-order valence-electron chi connectivity index (χ1n) is 9.14. The van der Waals surface area contributed by atoms with Crippen molar-refractivity contribution in [2.24, 2.45) is 0 Å². The number of nitro benzene ring substituents is 1. The molecule has 0 saturated carbocycles. The van der Waals surface area contributed by atoms with Crippen molar-refractivity contribution in [1.29, 1.82) is 0 Å². The van der Waals surface area contributed by atoms with E-state index < -0.39 is 4.92 Å². The summed E-state index contributed by atoms with van der Waals surface area (Å²) in [6.07, 6.45) is 4.19. The number of thiophene rings is 1. The fraction of sp³-hybridized carbons (Fsp3) is 0.316. The zero-order valence-corrected chi connectivity index (χ0v) is 17.6. The zero-order valence-electron chi connectivity index (χ0n) is 16.0. The molecule has 0 unspecified atom stereocenters. The predicted molar refractivity (Wildman–Crippen MR) is 116 cm³/mol. The van der Waals surface area contributed by atoms with Crippen molar-refractivity contribution < 1.29 is 9.72 Å². The Morgan fingerprint density at radius 1 is 1.31 bits per heavy atom. The third kappa shape index (κ3) is 3.77. The molecule has 1 amide bonds. The number of nitrogens with zero attached hydrogens (tertiary/aromatic N) is 4. The molecule has 1 aliphatic heterocycles. The van der Waals surface area contributed by atoms with E-state index in [2.05, 4.69) is 20.2 Å². The average molecular weight is 430 g/mol. The average Bonchev–Trinajstić information content (AvgIpc) is 3.38. The molecule has 150 valence electrons. The summed E-state index contributed by atoms with van der Waals surface area (Å²) in [7, 11) is 0. The maximum atomic E-state index is 12.9. The number of fused-ring (bicyclic) bond motifs is 1. The number of nitrogens with one attached hydrogen (secondary N) is 1. The highest BCUT2D eigenvalue weighted by molar-refractivity contribution is 7.98. The van der Waals surface area contributed by atoms with Crippen LogP contribution in [0.5, 0.6) is 0 Å². The number of hydrogen-bond donors (Lipinski definition) is 1. The number of hydrogen-bond acceptors (Lipinski definition) is 8. The van der Waals surface area contributed by atoms with Crippen LogP contribution in [0, 0.1) is 17.0 Å². The van der Waals surface area contributed by atoms with Crippen molar-refractivity contribution in [3.05, 3.63) is 44.8 Å². The highest BCUT2D eigenvalue weighted by Crippen LogP contribution is 2.35. The summed E-state index contributed by atoms with van der Waals surface area (Å²) in [5, 5.41) is 15.5. The van der Waals surface area contributed by atoms with E-state index in [1.165, 1.54) is 29.2 Å². The Kier molecular flexibility index (Phi) is 5.37. The highest BCUT2D eigenvalue weighted by Gasteiger charge is 2.22. The van der Waals surface area contributed by atoms with E-state index in [0.29, 0.717) is 21.3 Å². The predicted octanol–water partition coefficient (Wildman–Crippen LogP) is 4.48. The van der Waals surface area contributed by atoms with Gasteiger partial charge in [-0.1, -0.05) is 17.8 Å². The van der Waals surface area contributed by atoms with Crippen molar-refractivity contribution in [2.75, 3.05) is 29.6 Å². The van der Waals surface area contributed by atoms with Crippen LogP contribution in [0.25, 0.3) is 10.2 Å². The third-order valence-electron chi connectivity index (χ3n) is 4.91. The molecule has 3 heterocycles. The molecule has 1 aliphatic rings. The van der Waals surface area contributed by atoms with Gasteiger partial charge in [0.1, 0.15) is 10.6 Å². The number of carbonyl (C=O) groups is 1. The number of nitro groups is 1. The fourth-order valence-electron chi connectivity index (χ4n) is 3.40. The summed E-state index contributed by atoms with van der Waals surface area (Å²) in [5.74, 6) is 0.563. The summed E-state index contributed by atoms with van der Waals surface area (Å²) < 4.78 is 0. The smallest absolute Gasteiger partial charge is 0.274 e. The van der Waals surface area contributed by atoms with Crippen LogP contribution in [0.15, 0.2) is 29.4 Å². The van der Waals surface area contributed by atoms with Gasteiger partial charge >= 0.3 is 0 Å². The fourth-order valence-corrected chi connectivity index (χ4v) is 4.74. The van der Waals surface area contributed by atoms with E-state index in [9.17, 15) is 14.9 Å². The Morgan fingerprint density at radius 3 is 2.76 bits per heavy atom. The van der Waals surface area contributed by atoms with Gasteiger partial charge in [-0.3, -0.25) is 14.9 Å². The Morgan fingerprint density at radius 2 is 2.07 bits per heavy atom. The van der Waals surface area contributed by atoms with Crippen molar-refractivity contribution in [2.45, 2.75) is 24.9 Å². The molecular weight excluding hydrogens is 410 g/mol. The van der Waals surface area contributed by atoms with Gasteiger partial charge in [-0.15, -0.1) is 11.3 Å². The molecule has 8 nitrogen and oxygen atoms in total. The molecule has 10 heteroatoms. The van der Waals surface area contributed by atoms with Crippen molar-refractivity contribution in [1.82, 2.24) is 9.97 Å². The Balaban J connectivity index is 1.69. The molecule has 2 aromatic heterocycles. The second-order valence-electron chi connectivity index (χ2n) is 6.72. The largest absolute Gasteiger partial charge is 0.356 e. The topological polar surface area (TPSA) is 101 Å². The van der Waals surface area contributed by atoms with Gasteiger partial charge in [0.2, 0.25) is 0 Å². The van der Waals surface area contributed by atoms with Gasteiger partial charge in [-0.05, 0) is 38.2 Å². The van der Waals surface area contributed by atoms with Gasteiger partial charge in [-0.25, -0.2) is 9.97 Å². The number of anilines is 2. The van der Waals surface area contributed by atoms with Gasteiger partial charge < -0.3 is 10.2 Å². The number of rotatable bonds is 5. The maximum absolute atomic E-state index is 12.9. The Bertz CT molecular complexity index is 1110. The minimum absolute atomic E-state index is 0.0223. The van der Waals surface area contributed by atoms with Crippen LogP contribution in [0.2, 0.25) is 0 Å². The standard InChI is InChI=1S/C19H19N5O3S2/c1-11-13(6-5-7-14(11)24(26)27)20-17(25)15-10-12-16(23-8-3-4-9-23)21-19(28-2)22-18(12)29-15/h5-7,10H,3-4,8-9H2,1-2H3,(H,20,25). The molecule has 0 atom stereocenters. The zero-order chi connectivity index (χ0) is 20.5. The summed E-state index contributed by atoms with van der Waals surface area (Å²) in [5.41, 5.74) is 0.831. The van der Waals surface area contributed by atoms with Gasteiger partial charge in [0, 0.05) is 19.2 Å². The Labute approximate surface area is 175 Å². The van der Waals surface area contributed by atoms with E-state index in [4.69, 9.17) is 0 Å². The van der Waals surface area contributed by atoms with Crippen LogP contribution in [-0.2, 0) is 0 Å². The molecule has 1 saturated heterocycles. The van der Waals surface area contributed by atoms with Crippen LogP contribution in [0.1, 0.15) is 28.1 Å². The van der Waals surface area contributed by atoms with E-state index >= 15 is 0 Å². The van der Waals surface area contributed by atoms with E-state index in [1.807, 2.05) is 12.3 Å². The second kappa shape index (κ2) is 7.96. The van der Waals surface area contributed by atoms with Gasteiger partial charge in [0.15, 0.2) is 5.16 Å². The van der Waals surface area contributed by atoms with Crippen molar-refractivity contribution in [3.8, 4) is 0 Å². The molecule has 29 heavy (non-hydrogen) atoms. The molecule has 1 aromatic carbocycles. The molecule has 4 rings (SSSR count). The molecular formula is C19H19N5O3S2. The molecule has 0 radical (unpaired) electrons. The third-order valence-corrected chi connectivity index (χ3v) is 6.49. The van der Waals surface area contributed by atoms with E-state index in [1.54, 1.807) is 19.1 Å². The van der Waals surface area contributed by atoms with Gasteiger partial charge in [-0.2, -0.15) is 0 Å². The Hall–Kier alpha value is -2.72. The first kappa shape index (κ1) is 19.6. The van der Waals surface area contributed by atoms with Crippen molar-refractivity contribution in [3.63, 3.8) is 0 Å². The lowest BCUT2D eigenvalue weighted by Crippen LogP contribution is -2.19. The van der Waals surface area contributed by atoms with Crippen LogP contribution in [-0.4, -0.2) is 40.1 Å². The molecule has 0 aliphatic carbocycles. The monoisotopic (exact) mass is 429 g/mol. The molecule has 3 aromatic rings. The van der Waals surface area contributed by atoms with Crippen LogP contribution in [0.3, 0.4) is 0 Å². The quantitative estimate of drug-likeness (QED) is 0.276. The summed E-state index contributed by atoms with van der Waals surface area (Å²) in [6.45, 7) is 3.52. The van der Waals surface area contributed by atoms with Crippen LogP contribution < -0.4 is 10.2 Å². The maximum Gasteiger partial charge on any atom is 0.274 e. The molecule has 0 spiro atoms. The number of thioether (sulfide) groups is 1. The van der Waals surface area contributed by atoms with Crippen LogP contribution in [0.4, 0.5) is 17.2 Å². The first-order valence-corrected chi connectivity index (χ1v) is 11.2. The minimum atomic E-state index is -0.452. The van der Waals surface area contributed by atoms with E-state index in [-0.39, 0.29) is 11.6 Å². The SMILES string of the molecule is CSc1nc(N2CCCC2)c2cc(C(=O)Nc3cccc([N+](=O)[O-])c3C)sc2n1. The highest BCUT2D eigenvalue weighted by atomic mass is 32.2. The number of aromatic nitrogens is 2. The number of carbonyl (C=O) groups excluding carboxylic acids is 1. The summed E-state index contributed by atoms with van der Waals surface area (Å²) in [4.78, 5) is 36.3. The number of amides is 1. The molecule has 0 bridgehead atoms. The number of benzene rings is 1. The first-order chi connectivity index (χ1) is 14.0. The van der Waals surface area contributed by atoms with E-state index in [0.717, 1.165) is 42.0 Å². The lowest BCUT2D eigenvalue weighted by atomic mass is 10.1. The van der Waals surface area contributed by atoms with Gasteiger partial charge in [0.05, 0.1) is 26.4 Å². The lowest BCUT2D eigenvalue weighted by Gasteiger charge is -2.17. The molecule has 1 N–H and O–H groups in total.